The van der Waals surface area contributed by atoms with Crippen LogP contribution in [0.5, 0.6) is 5.95 Å². The maximum atomic E-state index is 12.5. The fraction of sp³-hybridized carbons (Fsp3) is 0.389. The van der Waals surface area contributed by atoms with E-state index < -0.39 is 11.9 Å². The Bertz CT molecular complexity index is 719. The topological polar surface area (TPSA) is 81.9 Å². The maximum Gasteiger partial charge on any atom is 0.305 e. The summed E-state index contributed by atoms with van der Waals surface area (Å²) in [6, 6.07) is 6.77. The Morgan fingerprint density at radius 2 is 1.80 bits per heavy atom. The van der Waals surface area contributed by atoms with Crippen LogP contribution < -0.4 is 4.74 Å². The van der Waals surface area contributed by atoms with E-state index in [0.29, 0.717) is 24.2 Å². The summed E-state index contributed by atoms with van der Waals surface area (Å²) in [7, 11) is 2.85. The van der Waals surface area contributed by atoms with Crippen LogP contribution in [0.3, 0.4) is 0 Å². The van der Waals surface area contributed by atoms with Crippen molar-refractivity contribution in [2.75, 3.05) is 27.3 Å². The van der Waals surface area contributed by atoms with Crippen LogP contribution in [0.15, 0.2) is 34.9 Å². The first-order valence-electron chi connectivity index (χ1n) is 8.01. The van der Waals surface area contributed by atoms with Crippen LogP contribution >= 0.6 is 0 Å². The number of hydrogen-bond donors (Lipinski definition) is 0. The van der Waals surface area contributed by atoms with Gasteiger partial charge in [-0.05, 0) is 31.5 Å². The second-order valence-electron chi connectivity index (χ2n) is 5.27. The van der Waals surface area contributed by atoms with Crippen LogP contribution in [0.2, 0.25) is 0 Å². The largest absolute Gasteiger partial charge is 0.467 e. The number of Topliss-reactive ketones (excluding diaryl/α,β-unsaturated/α-hetero) is 1. The molecule has 25 heavy (non-hydrogen) atoms. The quantitative estimate of drug-likeness (QED) is 0.684. The van der Waals surface area contributed by atoms with E-state index >= 15 is 0 Å². The van der Waals surface area contributed by atoms with Crippen molar-refractivity contribution in [1.29, 1.82) is 0 Å². The summed E-state index contributed by atoms with van der Waals surface area (Å²) in [6.07, 6.45) is 0.451. The Balaban J connectivity index is 2.21. The highest BCUT2D eigenvalue weighted by Crippen LogP contribution is 2.24. The van der Waals surface area contributed by atoms with Crippen LogP contribution in [-0.4, -0.2) is 48.9 Å². The molecule has 134 valence electrons. The van der Waals surface area contributed by atoms with E-state index in [2.05, 4.69) is 4.98 Å². The van der Waals surface area contributed by atoms with Gasteiger partial charge in [0.15, 0.2) is 6.10 Å². The number of ketones is 1. The van der Waals surface area contributed by atoms with Crippen molar-refractivity contribution in [1.82, 2.24) is 9.88 Å². The number of hydrogen-bond acceptors (Lipinski definition) is 6. The number of oxazole rings is 1. The monoisotopic (exact) mass is 346 g/mol. The molecule has 0 N–H and O–H groups in total. The van der Waals surface area contributed by atoms with Crippen LogP contribution in [-0.2, 0) is 4.74 Å². The van der Waals surface area contributed by atoms with Gasteiger partial charge in [0.05, 0.1) is 7.11 Å². The Labute approximate surface area is 146 Å². The number of carbonyl (C=O) groups is 2. The first-order valence-corrected chi connectivity index (χ1v) is 8.01. The molecule has 7 heteroatoms. The van der Waals surface area contributed by atoms with Gasteiger partial charge in [-0.1, -0.05) is 12.1 Å². The van der Waals surface area contributed by atoms with Gasteiger partial charge in [0, 0.05) is 25.8 Å². The fourth-order valence-electron chi connectivity index (χ4n) is 2.47. The summed E-state index contributed by atoms with van der Waals surface area (Å²) in [6.45, 7) is 5.14. The Morgan fingerprint density at radius 1 is 1.16 bits per heavy atom. The molecule has 1 unspecified atom stereocenters. The molecular formula is C18H22N2O5. The molecule has 1 amide bonds. The Hall–Kier alpha value is -2.67. The fourth-order valence-corrected chi connectivity index (χ4v) is 2.47. The third kappa shape index (κ3) is 4.06. The zero-order valence-electron chi connectivity index (χ0n) is 14.8. The molecule has 0 aliphatic carbocycles. The van der Waals surface area contributed by atoms with Gasteiger partial charge in [-0.25, -0.2) is 4.98 Å². The van der Waals surface area contributed by atoms with Gasteiger partial charge in [-0.15, -0.1) is 0 Å². The second kappa shape index (κ2) is 8.43. The molecule has 0 radical (unpaired) electrons. The standard InChI is InChI=1S/C18H22N2O5/c1-5-20(6-2)18(22)13-9-7-12(8-10-13)16(24-4)15(21)17-19-11-14(23-3)25-17/h7-11,16H,5-6H2,1-4H3. The molecule has 2 rings (SSSR count). The minimum absolute atomic E-state index is 0.0470. The number of methoxy groups -OCH3 is 2. The lowest BCUT2D eigenvalue weighted by Crippen LogP contribution is -2.30. The van der Waals surface area contributed by atoms with Crippen molar-refractivity contribution in [2.24, 2.45) is 0 Å². The Morgan fingerprint density at radius 3 is 2.28 bits per heavy atom. The molecule has 1 aromatic heterocycles. The lowest BCUT2D eigenvalue weighted by molar-refractivity contribution is 0.0564. The predicted molar refractivity (Wildman–Crippen MR) is 90.8 cm³/mol. The third-order valence-corrected chi connectivity index (χ3v) is 3.88. The molecule has 0 spiro atoms. The highest BCUT2D eigenvalue weighted by atomic mass is 16.6. The van der Waals surface area contributed by atoms with Crippen molar-refractivity contribution < 1.29 is 23.5 Å². The first-order chi connectivity index (χ1) is 12.0. The second-order valence-corrected chi connectivity index (χ2v) is 5.27. The number of rotatable bonds is 8. The average Bonchev–Trinajstić information content (AvgIpc) is 3.13. The van der Waals surface area contributed by atoms with Gasteiger partial charge in [0.2, 0.25) is 0 Å². The SMILES string of the molecule is CCN(CC)C(=O)c1ccc(C(OC)C(=O)c2ncc(OC)o2)cc1. The van der Waals surface area contributed by atoms with Gasteiger partial charge in [0.25, 0.3) is 17.6 Å². The van der Waals surface area contributed by atoms with E-state index in [0.717, 1.165) is 0 Å². The molecule has 0 saturated carbocycles. The number of nitrogens with zero attached hydrogens (tertiary/aromatic N) is 2. The van der Waals surface area contributed by atoms with Gasteiger partial charge in [-0.2, -0.15) is 0 Å². The summed E-state index contributed by atoms with van der Waals surface area (Å²) in [5, 5.41) is 0. The number of benzene rings is 1. The van der Waals surface area contributed by atoms with Crippen molar-refractivity contribution in [2.45, 2.75) is 20.0 Å². The summed E-state index contributed by atoms with van der Waals surface area (Å²) in [5.41, 5.74) is 1.17. The van der Waals surface area contributed by atoms with E-state index in [4.69, 9.17) is 13.9 Å². The summed E-state index contributed by atoms with van der Waals surface area (Å²) in [4.78, 5) is 30.5. The molecule has 0 saturated heterocycles. The minimum Gasteiger partial charge on any atom is -0.467 e. The van der Waals surface area contributed by atoms with E-state index in [9.17, 15) is 9.59 Å². The normalized spacial score (nSPS) is 11.8. The molecule has 2 aromatic rings. The number of aromatic nitrogens is 1. The van der Waals surface area contributed by atoms with Gasteiger partial charge < -0.3 is 18.8 Å². The Kier molecular flexibility index (Phi) is 6.30. The van der Waals surface area contributed by atoms with Crippen molar-refractivity contribution >= 4 is 11.7 Å². The van der Waals surface area contributed by atoms with Crippen molar-refractivity contribution in [3.05, 3.63) is 47.5 Å². The van der Waals surface area contributed by atoms with E-state index in [-0.39, 0.29) is 17.7 Å². The molecule has 0 aliphatic heterocycles. The molecule has 0 bridgehead atoms. The van der Waals surface area contributed by atoms with E-state index in [1.165, 1.54) is 20.4 Å². The summed E-state index contributed by atoms with van der Waals surface area (Å²) < 4.78 is 15.4. The molecule has 1 heterocycles. The molecular weight excluding hydrogens is 324 g/mol. The van der Waals surface area contributed by atoms with Crippen molar-refractivity contribution in [3.63, 3.8) is 0 Å². The summed E-state index contributed by atoms with van der Waals surface area (Å²) >= 11 is 0. The average molecular weight is 346 g/mol. The summed E-state index contributed by atoms with van der Waals surface area (Å²) in [5.74, 6) is -0.409. The lowest BCUT2D eigenvalue weighted by Gasteiger charge is -2.19. The molecule has 7 nitrogen and oxygen atoms in total. The molecule has 1 aromatic carbocycles. The van der Waals surface area contributed by atoms with E-state index in [1.54, 1.807) is 29.2 Å². The van der Waals surface area contributed by atoms with E-state index in [1.807, 2.05) is 13.8 Å². The zero-order chi connectivity index (χ0) is 18.4. The van der Waals surface area contributed by atoms with Crippen LogP contribution in [0.4, 0.5) is 0 Å². The molecule has 0 fully saturated rings. The van der Waals surface area contributed by atoms with Crippen molar-refractivity contribution in [3.8, 4) is 5.95 Å². The number of ether oxygens (including phenoxy) is 2. The lowest BCUT2D eigenvalue weighted by atomic mass is 10.0. The highest BCUT2D eigenvalue weighted by Gasteiger charge is 2.26. The van der Waals surface area contributed by atoms with Crippen LogP contribution in [0.25, 0.3) is 0 Å². The minimum atomic E-state index is -0.874. The highest BCUT2D eigenvalue weighted by molar-refractivity contribution is 5.97. The number of carbonyl (C=O) groups excluding carboxylic acids is 2. The number of amides is 1. The van der Waals surface area contributed by atoms with Crippen LogP contribution in [0.1, 0.15) is 46.6 Å². The molecule has 0 aliphatic rings. The predicted octanol–water partition coefficient (Wildman–Crippen LogP) is 2.74. The maximum absolute atomic E-state index is 12.5. The van der Waals surface area contributed by atoms with Gasteiger partial charge >= 0.3 is 5.95 Å². The van der Waals surface area contributed by atoms with Crippen LogP contribution in [0, 0.1) is 0 Å². The smallest absolute Gasteiger partial charge is 0.305 e. The third-order valence-electron chi connectivity index (χ3n) is 3.88. The van der Waals surface area contributed by atoms with Gasteiger partial charge in [0.1, 0.15) is 6.20 Å². The molecule has 1 atom stereocenters. The zero-order valence-corrected chi connectivity index (χ0v) is 14.8. The first kappa shape index (κ1) is 18.7. The van der Waals surface area contributed by atoms with Gasteiger partial charge in [-0.3, -0.25) is 9.59 Å².